The van der Waals surface area contributed by atoms with Crippen LogP contribution in [0.15, 0.2) is 47.4 Å². The lowest BCUT2D eigenvalue weighted by molar-refractivity contribution is 0.0950. The second-order valence-electron chi connectivity index (χ2n) is 6.37. The van der Waals surface area contributed by atoms with Crippen molar-refractivity contribution in [2.45, 2.75) is 37.2 Å². The standard InChI is InChI=1S/C19H19N3O3S/c1-13-5-8-17(26(24,25)22-16-6-7-16)10-18(13)19(23)21-12-15-4-2-3-14(9-15)11-20/h2-5,8-10,16,22H,6-7,12H2,1H3,(H,21,23). The van der Waals surface area contributed by atoms with Crippen LogP contribution in [0.25, 0.3) is 0 Å². The Morgan fingerprint density at radius 1 is 1.23 bits per heavy atom. The minimum atomic E-state index is -3.61. The maximum Gasteiger partial charge on any atom is 0.251 e. The van der Waals surface area contributed by atoms with Crippen molar-refractivity contribution in [2.24, 2.45) is 0 Å². The lowest BCUT2D eigenvalue weighted by Gasteiger charge is -2.11. The number of nitrogens with one attached hydrogen (secondary N) is 2. The highest BCUT2D eigenvalue weighted by atomic mass is 32.2. The van der Waals surface area contributed by atoms with Gasteiger partial charge in [-0.05, 0) is 55.2 Å². The van der Waals surface area contributed by atoms with Gasteiger partial charge in [0.1, 0.15) is 0 Å². The van der Waals surface area contributed by atoms with Crippen LogP contribution in [-0.4, -0.2) is 20.4 Å². The Bertz CT molecular complexity index is 989. The Labute approximate surface area is 152 Å². The molecule has 0 spiro atoms. The molecule has 1 saturated carbocycles. The van der Waals surface area contributed by atoms with Crippen molar-refractivity contribution < 1.29 is 13.2 Å². The van der Waals surface area contributed by atoms with Gasteiger partial charge in [0.05, 0.1) is 16.5 Å². The highest BCUT2D eigenvalue weighted by Crippen LogP contribution is 2.23. The van der Waals surface area contributed by atoms with E-state index in [1.165, 1.54) is 12.1 Å². The SMILES string of the molecule is Cc1ccc(S(=O)(=O)NC2CC2)cc1C(=O)NCc1cccc(C#N)c1. The quantitative estimate of drug-likeness (QED) is 0.816. The van der Waals surface area contributed by atoms with E-state index < -0.39 is 10.0 Å². The lowest BCUT2D eigenvalue weighted by Crippen LogP contribution is -2.27. The van der Waals surface area contributed by atoms with Crippen molar-refractivity contribution in [3.63, 3.8) is 0 Å². The third kappa shape index (κ3) is 4.28. The van der Waals surface area contributed by atoms with Gasteiger partial charge in [-0.15, -0.1) is 0 Å². The summed E-state index contributed by atoms with van der Waals surface area (Å²) in [5.74, 6) is -0.353. The number of amides is 1. The molecule has 134 valence electrons. The molecule has 26 heavy (non-hydrogen) atoms. The van der Waals surface area contributed by atoms with Crippen LogP contribution in [0.1, 0.15) is 39.9 Å². The van der Waals surface area contributed by atoms with Gasteiger partial charge in [-0.25, -0.2) is 13.1 Å². The maximum absolute atomic E-state index is 12.5. The largest absolute Gasteiger partial charge is 0.348 e. The van der Waals surface area contributed by atoms with Crippen LogP contribution in [0.4, 0.5) is 0 Å². The number of aryl methyl sites for hydroxylation is 1. The minimum Gasteiger partial charge on any atom is -0.348 e. The molecule has 3 rings (SSSR count). The number of nitriles is 1. The van der Waals surface area contributed by atoms with Gasteiger partial charge < -0.3 is 5.32 Å². The summed E-state index contributed by atoms with van der Waals surface area (Å²) in [7, 11) is -3.61. The molecule has 0 saturated heterocycles. The van der Waals surface area contributed by atoms with Crippen LogP contribution in [0, 0.1) is 18.3 Å². The van der Waals surface area contributed by atoms with E-state index >= 15 is 0 Å². The molecule has 0 heterocycles. The van der Waals surface area contributed by atoms with Gasteiger partial charge in [-0.2, -0.15) is 5.26 Å². The molecular formula is C19H19N3O3S. The highest BCUT2D eigenvalue weighted by Gasteiger charge is 2.28. The molecule has 2 aromatic carbocycles. The Balaban J connectivity index is 1.76. The van der Waals surface area contributed by atoms with E-state index in [0.29, 0.717) is 16.7 Å². The third-order valence-electron chi connectivity index (χ3n) is 4.17. The predicted octanol–water partition coefficient (Wildman–Crippen LogP) is 2.24. The number of nitrogens with zero attached hydrogens (tertiary/aromatic N) is 1. The molecule has 2 aromatic rings. The molecule has 0 atom stereocenters. The van der Waals surface area contributed by atoms with Crippen LogP contribution >= 0.6 is 0 Å². The number of hydrogen-bond acceptors (Lipinski definition) is 4. The molecule has 0 aromatic heterocycles. The van der Waals surface area contributed by atoms with Crippen LogP contribution in [0.2, 0.25) is 0 Å². The number of sulfonamides is 1. The average Bonchev–Trinajstić information content (AvgIpc) is 3.43. The average molecular weight is 369 g/mol. The molecule has 6 nitrogen and oxygen atoms in total. The molecule has 7 heteroatoms. The van der Waals surface area contributed by atoms with Crippen molar-refractivity contribution >= 4 is 15.9 Å². The van der Waals surface area contributed by atoms with Gasteiger partial charge in [-0.3, -0.25) is 4.79 Å². The second kappa shape index (κ2) is 7.28. The summed E-state index contributed by atoms with van der Waals surface area (Å²) in [5, 5.41) is 11.7. The molecule has 0 bridgehead atoms. The summed E-state index contributed by atoms with van der Waals surface area (Å²) in [4.78, 5) is 12.6. The number of benzene rings is 2. The number of carbonyl (C=O) groups excluding carboxylic acids is 1. The molecule has 0 unspecified atom stereocenters. The van der Waals surface area contributed by atoms with E-state index in [4.69, 9.17) is 5.26 Å². The van der Waals surface area contributed by atoms with Crippen molar-refractivity contribution in [1.82, 2.24) is 10.0 Å². The topological polar surface area (TPSA) is 99.1 Å². The maximum atomic E-state index is 12.5. The fourth-order valence-corrected chi connectivity index (χ4v) is 3.86. The van der Waals surface area contributed by atoms with Gasteiger partial charge in [0.2, 0.25) is 10.0 Å². The fraction of sp³-hybridized carbons (Fsp3) is 0.263. The van der Waals surface area contributed by atoms with Gasteiger partial charge >= 0.3 is 0 Å². The van der Waals surface area contributed by atoms with Gasteiger partial charge in [0.25, 0.3) is 5.91 Å². The molecule has 1 aliphatic rings. The molecule has 0 aliphatic heterocycles. The normalized spacial score (nSPS) is 13.8. The van der Waals surface area contributed by atoms with E-state index in [0.717, 1.165) is 18.4 Å². The summed E-state index contributed by atoms with van der Waals surface area (Å²) >= 11 is 0. The van der Waals surface area contributed by atoms with Crippen LogP contribution in [-0.2, 0) is 16.6 Å². The first-order chi connectivity index (χ1) is 12.4. The first kappa shape index (κ1) is 18.1. The molecular weight excluding hydrogens is 350 g/mol. The molecule has 2 N–H and O–H groups in total. The Morgan fingerprint density at radius 2 is 2.00 bits per heavy atom. The van der Waals surface area contributed by atoms with Crippen molar-refractivity contribution in [3.05, 3.63) is 64.7 Å². The summed E-state index contributed by atoms with van der Waals surface area (Å²) in [6.45, 7) is 2.01. The first-order valence-corrected chi connectivity index (χ1v) is 9.77. The smallest absolute Gasteiger partial charge is 0.251 e. The van der Waals surface area contributed by atoms with E-state index in [-0.39, 0.29) is 23.4 Å². The van der Waals surface area contributed by atoms with Crippen LogP contribution in [0.3, 0.4) is 0 Å². The van der Waals surface area contributed by atoms with Gasteiger partial charge in [-0.1, -0.05) is 18.2 Å². The van der Waals surface area contributed by atoms with Crippen LogP contribution < -0.4 is 10.0 Å². The third-order valence-corrected chi connectivity index (χ3v) is 5.69. The predicted molar refractivity (Wildman–Crippen MR) is 96.8 cm³/mol. The summed E-state index contributed by atoms with van der Waals surface area (Å²) in [6.07, 6.45) is 1.69. The van der Waals surface area contributed by atoms with E-state index in [9.17, 15) is 13.2 Å². The highest BCUT2D eigenvalue weighted by molar-refractivity contribution is 7.89. The summed E-state index contributed by atoms with van der Waals surface area (Å²) < 4.78 is 27.3. The zero-order valence-electron chi connectivity index (χ0n) is 14.3. The number of carbonyl (C=O) groups is 1. The van der Waals surface area contributed by atoms with Crippen molar-refractivity contribution in [3.8, 4) is 6.07 Å². The zero-order chi connectivity index (χ0) is 18.7. The Kier molecular flexibility index (Phi) is 5.07. The summed E-state index contributed by atoms with van der Waals surface area (Å²) in [6, 6.07) is 13.6. The van der Waals surface area contributed by atoms with Crippen LogP contribution in [0.5, 0.6) is 0 Å². The fourth-order valence-electron chi connectivity index (χ4n) is 2.53. The van der Waals surface area contributed by atoms with Crippen molar-refractivity contribution in [1.29, 1.82) is 5.26 Å². The Morgan fingerprint density at radius 3 is 2.69 bits per heavy atom. The monoisotopic (exact) mass is 369 g/mol. The minimum absolute atomic E-state index is 0.00555. The molecule has 1 amide bonds. The molecule has 1 aliphatic carbocycles. The van der Waals surface area contributed by atoms with Crippen molar-refractivity contribution in [2.75, 3.05) is 0 Å². The number of hydrogen-bond donors (Lipinski definition) is 2. The number of rotatable bonds is 6. The molecule has 0 radical (unpaired) electrons. The Hall–Kier alpha value is -2.69. The first-order valence-electron chi connectivity index (χ1n) is 8.29. The van der Waals surface area contributed by atoms with Gasteiger partial charge in [0, 0.05) is 18.2 Å². The van der Waals surface area contributed by atoms with E-state index in [1.807, 2.05) is 6.07 Å². The summed E-state index contributed by atoms with van der Waals surface area (Å²) in [5.41, 5.74) is 2.33. The zero-order valence-corrected chi connectivity index (χ0v) is 15.1. The second-order valence-corrected chi connectivity index (χ2v) is 8.08. The van der Waals surface area contributed by atoms with E-state index in [1.54, 1.807) is 31.2 Å². The van der Waals surface area contributed by atoms with E-state index in [2.05, 4.69) is 16.1 Å². The molecule has 1 fully saturated rings. The lowest BCUT2D eigenvalue weighted by atomic mass is 10.1. The van der Waals surface area contributed by atoms with Gasteiger partial charge in [0.15, 0.2) is 0 Å².